The van der Waals surface area contributed by atoms with Crippen molar-refractivity contribution < 1.29 is 4.74 Å². The molecule has 1 saturated heterocycles. The summed E-state index contributed by atoms with van der Waals surface area (Å²) in [5, 5.41) is 3.76. The SMILES string of the molecule is O=c1ccc2ccc(OCCCCN3CCN(c4cc5ccccc5s4)CC3)cc2[nH]1. The average molecular weight is 434 g/mol. The lowest BCUT2D eigenvalue weighted by molar-refractivity contribution is 0.239. The van der Waals surface area contributed by atoms with Gasteiger partial charge in [-0.3, -0.25) is 9.69 Å². The molecule has 5 nitrogen and oxygen atoms in total. The first-order valence-corrected chi connectivity index (χ1v) is 11.8. The molecule has 1 aliphatic heterocycles. The lowest BCUT2D eigenvalue weighted by atomic mass is 10.2. The highest BCUT2D eigenvalue weighted by molar-refractivity contribution is 7.22. The van der Waals surface area contributed by atoms with Gasteiger partial charge in [0, 0.05) is 43.0 Å². The van der Waals surface area contributed by atoms with Crippen molar-refractivity contribution in [1.82, 2.24) is 9.88 Å². The summed E-state index contributed by atoms with van der Waals surface area (Å²) >= 11 is 1.90. The largest absolute Gasteiger partial charge is 0.494 e. The quantitative estimate of drug-likeness (QED) is 0.428. The van der Waals surface area contributed by atoms with Gasteiger partial charge in [-0.15, -0.1) is 11.3 Å². The van der Waals surface area contributed by atoms with E-state index < -0.39 is 0 Å². The van der Waals surface area contributed by atoms with E-state index in [1.165, 1.54) is 15.1 Å². The van der Waals surface area contributed by atoms with E-state index in [0.717, 1.165) is 62.2 Å². The van der Waals surface area contributed by atoms with Crippen molar-refractivity contribution in [3.63, 3.8) is 0 Å². The molecule has 2 aromatic heterocycles. The summed E-state index contributed by atoms with van der Waals surface area (Å²) in [7, 11) is 0. The molecule has 0 unspecified atom stereocenters. The first-order chi connectivity index (χ1) is 15.2. The Labute approximate surface area is 185 Å². The summed E-state index contributed by atoms with van der Waals surface area (Å²) in [4.78, 5) is 19.4. The number of anilines is 1. The van der Waals surface area contributed by atoms with Crippen LogP contribution in [0.1, 0.15) is 12.8 Å². The van der Waals surface area contributed by atoms with Crippen LogP contribution in [0.25, 0.3) is 21.0 Å². The van der Waals surface area contributed by atoms with Gasteiger partial charge in [-0.05, 0) is 60.5 Å². The van der Waals surface area contributed by atoms with E-state index in [0.29, 0.717) is 6.61 Å². The maximum absolute atomic E-state index is 11.5. The Balaban J connectivity index is 1.04. The number of unbranched alkanes of at least 4 members (excludes halogenated alkanes) is 1. The Morgan fingerprint density at radius 1 is 0.903 bits per heavy atom. The van der Waals surface area contributed by atoms with Crippen LogP contribution in [0.4, 0.5) is 5.00 Å². The van der Waals surface area contributed by atoms with Crippen LogP contribution in [0.15, 0.2) is 65.5 Å². The molecule has 6 heteroatoms. The number of fused-ring (bicyclic) bond motifs is 2. The number of hydrogen-bond donors (Lipinski definition) is 1. The van der Waals surface area contributed by atoms with E-state index in [9.17, 15) is 4.79 Å². The summed E-state index contributed by atoms with van der Waals surface area (Å²) < 4.78 is 7.27. The average Bonchev–Trinajstić information content (AvgIpc) is 3.23. The topological polar surface area (TPSA) is 48.6 Å². The Bertz CT molecular complexity index is 1190. The third kappa shape index (κ3) is 4.75. The lowest BCUT2D eigenvalue weighted by Crippen LogP contribution is -2.46. The number of ether oxygens (including phenoxy) is 1. The molecular formula is C25H27N3O2S. The molecule has 0 aliphatic carbocycles. The highest BCUT2D eigenvalue weighted by Crippen LogP contribution is 2.32. The Morgan fingerprint density at radius 3 is 2.61 bits per heavy atom. The summed E-state index contributed by atoms with van der Waals surface area (Å²) in [6.45, 7) is 6.25. The third-order valence-electron chi connectivity index (χ3n) is 5.93. The van der Waals surface area contributed by atoms with Crippen molar-refractivity contribution in [3.8, 4) is 5.75 Å². The summed E-state index contributed by atoms with van der Waals surface area (Å²) in [6.07, 6.45) is 2.16. The maximum atomic E-state index is 11.5. The molecule has 4 aromatic rings. The number of aromatic amines is 1. The van der Waals surface area contributed by atoms with Gasteiger partial charge in [0.05, 0.1) is 17.1 Å². The molecule has 5 rings (SSSR count). The molecule has 0 spiro atoms. The Kier molecular flexibility index (Phi) is 5.91. The van der Waals surface area contributed by atoms with Gasteiger partial charge in [0.15, 0.2) is 0 Å². The number of nitrogens with zero attached hydrogens (tertiary/aromatic N) is 2. The minimum Gasteiger partial charge on any atom is -0.494 e. The monoisotopic (exact) mass is 433 g/mol. The predicted molar refractivity (Wildman–Crippen MR) is 130 cm³/mol. The summed E-state index contributed by atoms with van der Waals surface area (Å²) in [5.41, 5.74) is 0.735. The molecule has 1 fully saturated rings. The van der Waals surface area contributed by atoms with E-state index in [4.69, 9.17) is 4.74 Å². The van der Waals surface area contributed by atoms with Crippen molar-refractivity contribution >= 4 is 37.3 Å². The number of piperazine rings is 1. The molecule has 0 amide bonds. The number of thiophene rings is 1. The predicted octanol–water partition coefficient (Wildman–Crippen LogP) is 4.72. The minimum absolute atomic E-state index is 0.0860. The van der Waals surface area contributed by atoms with Crippen LogP contribution in [-0.4, -0.2) is 49.2 Å². The summed E-state index contributed by atoms with van der Waals surface area (Å²) in [6, 6.07) is 20.2. The highest BCUT2D eigenvalue weighted by Gasteiger charge is 2.18. The van der Waals surface area contributed by atoms with Crippen LogP contribution >= 0.6 is 11.3 Å². The molecule has 0 saturated carbocycles. The standard InChI is InChI=1S/C25H27N3O2S/c29-24-10-8-19-7-9-21(18-22(19)26-24)30-16-4-3-11-27-12-14-28(15-13-27)25-17-20-5-1-2-6-23(20)31-25/h1-2,5-10,17-18H,3-4,11-16H2,(H,26,29). The molecule has 160 valence electrons. The van der Waals surface area contributed by atoms with Crippen molar-refractivity contribution in [1.29, 1.82) is 0 Å². The van der Waals surface area contributed by atoms with Crippen molar-refractivity contribution in [2.24, 2.45) is 0 Å². The zero-order chi connectivity index (χ0) is 21.0. The molecule has 0 radical (unpaired) electrons. The third-order valence-corrected chi connectivity index (χ3v) is 7.11. The van der Waals surface area contributed by atoms with Crippen LogP contribution in [0.2, 0.25) is 0 Å². The lowest BCUT2D eigenvalue weighted by Gasteiger charge is -2.35. The van der Waals surface area contributed by atoms with Crippen LogP contribution in [0.3, 0.4) is 0 Å². The number of aromatic nitrogens is 1. The van der Waals surface area contributed by atoms with Gasteiger partial charge in [0.2, 0.25) is 5.56 Å². The molecule has 3 heterocycles. The number of hydrogen-bond acceptors (Lipinski definition) is 5. The van der Waals surface area contributed by atoms with Crippen molar-refractivity contribution in [2.75, 3.05) is 44.2 Å². The smallest absolute Gasteiger partial charge is 0.248 e. The van der Waals surface area contributed by atoms with E-state index >= 15 is 0 Å². The van der Waals surface area contributed by atoms with Crippen molar-refractivity contribution in [2.45, 2.75) is 12.8 Å². The number of benzene rings is 2. The first-order valence-electron chi connectivity index (χ1n) is 11.0. The molecular weight excluding hydrogens is 406 g/mol. The molecule has 1 N–H and O–H groups in total. The normalized spacial score (nSPS) is 15.0. The second-order valence-electron chi connectivity index (χ2n) is 8.08. The minimum atomic E-state index is -0.0860. The van der Waals surface area contributed by atoms with Gasteiger partial charge < -0.3 is 14.6 Å². The van der Waals surface area contributed by atoms with E-state index in [1.54, 1.807) is 6.07 Å². The summed E-state index contributed by atoms with van der Waals surface area (Å²) in [5.74, 6) is 0.811. The van der Waals surface area contributed by atoms with Gasteiger partial charge in [-0.2, -0.15) is 0 Å². The zero-order valence-corrected chi connectivity index (χ0v) is 18.4. The van der Waals surface area contributed by atoms with Crippen LogP contribution in [-0.2, 0) is 0 Å². The molecule has 0 atom stereocenters. The fourth-order valence-corrected chi connectivity index (χ4v) is 5.28. The molecule has 1 aliphatic rings. The van der Waals surface area contributed by atoms with Gasteiger partial charge >= 0.3 is 0 Å². The fraction of sp³-hybridized carbons (Fsp3) is 0.320. The zero-order valence-electron chi connectivity index (χ0n) is 17.5. The van der Waals surface area contributed by atoms with Gasteiger partial charge in [0.25, 0.3) is 0 Å². The van der Waals surface area contributed by atoms with Crippen LogP contribution in [0.5, 0.6) is 5.75 Å². The van der Waals surface area contributed by atoms with Gasteiger partial charge in [0.1, 0.15) is 5.75 Å². The van der Waals surface area contributed by atoms with Gasteiger partial charge in [-0.1, -0.05) is 18.2 Å². The van der Waals surface area contributed by atoms with E-state index in [2.05, 4.69) is 45.1 Å². The number of nitrogens with one attached hydrogen (secondary N) is 1. The second kappa shape index (κ2) is 9.12. The fourth-order valence-electron chi connectivity index (χ4n) is 4.16. The number of pyridine rings is 1. The Hall–Kier alpha value is -2.83. The highest BCUT2D eigenvalue weighted by atomic mass is 32.1. The van der Waals surface area contributed by atoms with Gasteiger partial charge in [-0.25, -0.2) is 0 Å². The van der Waals surface area contributed by atoms with Crippen LogP contribution in [0, 0.1) is 0 Å². The Morgan fingerprint density at radius 2 is 1.74 bits per heavy atom. The van der Waals surface area contributed by atoms with E-state index in [-0.39, 0.29) is 5.56 Å². The first kappa shape index (κ1) is 20.1. The number of rotatable bonds is 7. The van der Waals surface area contributed by atoms with E-state index in [1.807, 2.05) is 35.6 Å². The second-order valence-corrected chi connectivity index (χ2v) is 9.14. The van der Waals surface area contributed by atoms with Crippen molar-refractivity contribution in [3.05, 3.63) is 71.0 Å². The molecule has 2 aromatic carbocycles. The number of H-pyrrole nitrogens is 1. The maximum Gasteiger partial charge on any atom is 0.248 e. The van der Waals surface area contributed by atoms with Crippen LogP contribution < -0.4 is 15.2 Å². The molecule has 0 bridgehead atoms. The molecule has 31 heavy (non-hydrogen) atoms.